The van der Waals surface area contributed by atoms with Crippen LogP contribution in [0.1, 0.15) is 6.92 Å². The molecular formula is C22H16F2N6O7S2. The number of carbonyl (C=O) groups is 1. The number of aromatic nitrogens is 2. The molecule has 39 heavy (non-hydrogen) atoms. The summed E-state index contributed by atoms with van der Waals surface area (Å²) in [4.78, 5) is 17.1. The number of amides is 1. The number of hydrogen-bond acceptors (Lipinski definition) is 10. The molecule has 3 aromatic carbocycles. The van der Waals surface area contributed by atoms with E-state index >= 15 is 0 Å². The van der Waals surface area contributed by atoms with Crippen LogP contribution >= 0.6 is 0 Å². The second kappa shape index (κ2) is 10.4. The summed E-state index contributed by atoms with van der Waals surface area (Å²) in [5, 5.41) is 12.4. The zero-order valence-electron chi connectivity index (χ0n) is 19.5. The third kappa shape index (κ3) is 6.17. The summed E-state index contributed by atoms with van der Waals surface area (Å²) >= 11 is 0. The first kappa shape index (κ1) is 27.6. The number of halogens is 2. The van der Waals surface area contributed by atoms with Gasteiger partial charge >= 0.3 is 0 Å². The molecule has 0 aliphatic heterocycles. The van der Waals surface area contributed by atoms with Gasteiger partial charge < -0.3 is 10.6 Å². The van der Waals surface area contributed by atoms with Gasteiger partial charge in [0.05, 0.1) is 11.4 Å². The fourth-order valence-corrected chi connectivity index (χ4v) is 4.90. The van der Waals surface area contributed by atoms with Crippen molar-refractivity contribution >= 4 is 65.5 Å². The Morgan fingerprint density at radius 1 is 0.897 bits per heavy atom. The molecule has 1 amide bonds. The van der Waals surface area contributed by atoms with E-state index in [1.165, 1.54) is 37.3 Å². The molecule has 0 unspecified atom stereocenters. The van der Waals surface area contributed by atoms with Gasteiger partial charge in [0.15, 0.2) is 5.82 Å². The summed E-state index contributed by atoms with van der Waals surface area (Å²) in [6, 6.07) is 9.46. The van der Waals surface area contributed by atoms with Crippen LogP contribution < -0.4 is 10.6 Å². The molecule has 0 saturated heterocycles. The molecule has 0 aliphatic rings. The van der Waals surface area contributed by atoms with E-state index in [0.717, 1.165) is 24.5 Å². The largest absolute Gasteiger partial charge is 0.338 e. The van der Waals surface area contributed by atoms with Gasteiger partial charge in [-0.05, 0) is 36.4 Å². The predicted octanol–water partition coefficient (Wildman–Crippen LogP) is 4.52. The van der Waals surface area contributed by atoms with E-state index in [2.05, 4.69) is 30.8 Å². The van der Waals surface area contributed by atoms with Crippen molar-refractivity contribution in [2.75, 3.05) is 10.6 Å². The topological polar surface area (TPSA) is 200 Å². The molecule has 4 rings (SSSR count). The van der Waals surface area contributed by atoms with Crippen molar-refractivity contribution in [2.45, 2.75) is 16.7 Å². The number of fused-ring (bicyclic) bond motifs is 1. The molecule has 0 atom stereocenters. The van der Waals surface area contributed by atoms with Gasteiger partial charge in [-0.25, -0.2) is 9.97 Å². The molecular weight excluding hydrogens is 562 g/mol. The molecule has 202 valence electrons. The number of benzene rings is 3. The molecule has 4 aromatic rings. The van der Waals surface area contributed by atoms with Crippen molar-refractivity contribution in [1.29, 1.82) is 0 Å². The molecule has 13 nitrogen and oxygen atoms in total. The zero-order valence-corrected chi connectivity index (χ0v) is 21.1. The number of nitrogens with zero attached hydrogens (tertiary/aromatic N) is 4. The fraction of sp³-hybridized carbons (Fsp3) is 0.0455. The molecule has 0 radical (unpaired) electrons. The van der Waals surface area contributed by atoms with Gasteiger partial charge in [-0.2, -0.15) is 30.7 Å². The highest BCUT2D eigenvalue weighted by molar-refractivity contribution is 7.86. The third-order valence-corrected chi connectivity index (χ3v) is 6.85. The first-order valence-corrected chi connectivity index (χ1v) is 13.4. The van der Waals surface area contributed by atoms with Crippen molar-refractivity contribution in [2.24, 2.45) is 10.2 Å². The van der Waals surface area contributed by atoms with Crippen LogP contribution in [-0.2, 0) is 25.0 Å². The number of rotatable bonds is 7. The number of hydrogen-bond donors (Lipinski definition) is 4. The molecule has 0 aliphatic carbocycles. The lowest BCUT2D eigenvalue weighted by atomic mass is 10.1. The molecule has 17 heteroatoms. The van der Waals surface area contributed by atoms with Gasteiger partial charge in [-0.3, -0.25) is 13.9 Å². The Bertz CT molecular complexity index is 1880. The lowest BCUT2D eigenvalue weighted by Gasteiger charge is -2.11. The van der Waals surface area contributed by atoms with Crippen LogP contribution in [0.3, 0.4) is 0 Å². The maximum absolute atomic E-state index is 13.9. The van der Waals surface area contributed by atoms with Crippen LogP contribution in [0.5, 0.6) is 0 Å². The van der Waals surface area contributed by atoms with E-state index in [-0.39, 0.29) is 33.5 Å². The highest BCUT2D eigenvalue weighted by Gasteiger charge is 2.21. The molecule has 4 N–H and O–H groups in total. The summed E-state index contributed by atoms with van der Waals surface area (Å²) in [5.41, 5.74) is -0.0187. The van der Waals surface area contributed by atoms with E-state index in [1.54, 1.807) is 0 Å². The minimum absolute atomic E-state index is 0.0154. The Morgan fingerprint density at radius 3 is 2.28 bits per heavy atom. The summed E-state index contributed by atoms with van der Waals surface area (Å²) in [6.45, 7) is 1.19. The quantitative estimate of drug-likeness (QED) is 0.137. The second-order valence-electron chi connectivity index (χ2n) is 7.81. The maximum atomic E-state index is 13.9. The summed E-state index contributed by atoms with van der Waals surface area (Å²) in [6.07, 6.45) is 0.801. The first-order chi connectivity index (χ1) is 18.2. The van der Waals surface area contributed by atoms with Crippen LogP contribution in [0.15, 0.2) is 74.9 Å². The maximum Gasteiger partial charge on any atom is 0.295 e. The Morgan fingerprint density at radius 2 is 1.62 bits per heavy atom. The van der Waals surface area contributed by atoms with Gasteiger partial charge in [0.2, 0.25) is 11.7 Å². The Hall–Kier alpha value is -4.45. The van der Waals surface area contributed by atoms with Gasteiger partial charge in [-0.1, -0.05) is 12.1 Å². The van der Waals surface area contributed by atoms with Crippen LogP contribution in [0.2, 0.25) is 0 Å². The molecule has 0 fully saturated rings. The minimum Gasteiger partial charge on any atom is -0.338 e. The smallest absolute Gasteiger partial charge is 0.295 e. The third-order valence-electron chi connectivity index (χ3n) is 5.05. The van der Waals surface area contributed by atoms with Crippen LogP contribution in [-0.4, -0.2) is 41.8 Å². The molecule has 0 bridgehead atoms. The van der Waals surface area contributed by atoms with Crippen LogP contribution in [0.25, 0.3) is 10.8 Å². The van der Waals surface area contributed by atoms with Crippen LogP contribution in [0, 0.1) is 11.8 Å². The number of carbonyl (C=O) groups excluding carboxylic acids is 1. The summed E-state index contributed by atoms with van der Waals surface area (Å²) in [7, 11) is -9.67. The molecule has 0 spiro atoms. The molecule has 0 saturated carbocycles. The van der Waals surface area contributed by atoms with Gasteiger partial charge in [-0.15, -0.1) is 5.11 Å². The zero-order chi connectivity index (χ0) is 28.5. The Kier molecular flexibility index (Phi) is 7.33. The molecule has 1 heterocycles. The van der Waals surface area contributed by atoms with Crippen molar-refractivity contribution in [3.8, 4) is 0 Å². The highest BCUT2D eigenvalue weighted by atomic mass is 32.2. The number of azo groups is 1. The van der Waals surface area contributed by atoms with Gasteiger partial charge in [0.1, 0.15) is 21.8 Å². The standard InChI is InChI=1S/C22H16F2N6O7S2/c1-11(31)27-17-8-12(28-22-20(23)21(24)25-10-26-22)5-6-16(17)30-29-13-7-15-14(19(9-13)39(35,36)37)3-2-4-18(15)38(32,33)34/h2-10H,1H3,(H,27,31)(H,25,26,28)(H,32,33,34)(H,35,36,37). The second-order valence-corrected chi connectivity index (χ2v) is 10.6. The average molecular weight is 579 g/mol. The van der Waals surface area contributed by atoms with Crippen molar-refractivity contribution in [3.05, 3.63) is 66.6 Å². The Labute approximate surface area is 219 Å². The van der Waals surface area contributed by atoms with Crippen molar-refractivity contribution < 1.29 is 39.5 Å². The summed E-state index contributed by atoms with van der Waals surface area (Å²) in [5.74, 6) is -3.72. The molecule has 1 aromatic heterocycles. The lowest BCUT2D eigenvalue weighted by molar-refractivity contribution is -0.114. The monoisotopic (exact) mass is 578 g/mol. The van der Waals surface area contributed by atoms with Crippen molar-refractivity contribution in [1.82, 2.24) is 9.97 Å². The van der Waals surface area contributed by atoms with Crippen LogP contribution in [0.4, 0.5) is 37.3 Å². The number of nitrogens with one attached hydrogen (secondary N) is 2. The predicted molar refractivity (Wildman–Crippen MR) is 134 cm³/mol. The number of anilines is 3. The highest BCUT2D eigenvalue weighted by Crippen LogP contribution is 2.35. The fourth-order valence-electron chi connectivity index (χ4n) is 3.48. The van der Waals surface area contributed by atoms with Crippen molar-refractivity contribution in [3.63, 3.8) is 0 Å². The normalized spacial score (nSPS) is 12.1. The average Bonchev–Trinajstić information content (AvgIpc) is 2.84. The minimum atomic E-state index is -4.87. The van der Waals surface area contributed by atoms with Gasteiger partial charge in [0, 0.05) is 23.4 Å². The van der Waals surface area contributed by atoms with E-state index < -0.39 is 53.5 Å². The first-order valence-electron chi connectivity index (χ1n) is 10.5. The summed E-state index contributed by atoms with van der Waals surface area (Å²) < 4.78 is 94.3. The van der Waals surface area contributed by atoms with E-state index in [9.17, 15) is 39.5 Å². The SMILES string of the molecule is CC(=O)Nc1cc(Nc2ncnc(F)c2F)ccc1N=Nc1cc(S(=O)(=O)O)c2cccc(S(=O)(=O)O)c2c1. The van der Waals surface area contributed by atoms with Gasteiger partial charge in [0.25, 0.3) is 26.2 Å². The van der Waals surface area contributed by atoms with E-state index in [1.807, 2.05) is 0 Å². The van der Waals surface area contributed by atoms with E-state index in [0.29, 0.717) is 0 Å². The Balaban J connectivity index is 1.80. The van der Waals surface area contributed by atoms with E-state index in [4.69, 9.17) is 0 Å². The lowest BCUT2D eigenvalue weighted by Crippen LogP contribution is -2.07.